The van der Waals surface area contributed by atoms with Crippen molar-refractivity contribution < 1.29 is 4.79 Å². The van der Waals surface area contributed by atoms with Crippen molar-refractivity contribution in [2.75, 3.05) is 19.6 Å². The highest BCUT2D eigenvalue weighted by atomic mass is 35.5. The number of nitrogens with one attached hydrogen (secondary N) is 1. The van der Waals surface area contributed by atoms with Crippen LogP contribution in [0.4, 0.5) is 0 Å². The van der Waals surface area contributed by atoms with E-state index >= 15 is 0 Å². The number of halogens is 1. The summed E-state index contributed by atoms with van der Waals surface area (Å²) in [6.45, 7) is 3.32. The highest BCUT2D eigenvalue weighted by Crippen LogP contribution is 2.33. The highest BCUT2D eigenvalue weighted by molar-refractivity contribution is 7.99. The van der Waals surface area contributed by atoms with Gasteiger partial charge in [-0.25, -0.2) is 0 Å². The van der Waals surface area contributed by atoms with Gasteiger partial charge in [0.1, 0.15) is 0 Å². The van der Waals surface area contributed by atoms with Crippen molar-refractivity contribution in [2.24, 2.45) is 5.92 Å². The van der Waals surface area contributed by atoms with Crippen molar-refractivity contribution in [1.82, 2.24) is 10.2 Å². The lowest BCUT2D eigenvalue weighted by molar-refractivity contribution is 0.0924. The zero-order valence-electron chi connectivity index (χ0n) is 13.2. The van der Waals surface area contributed by atoms with Gasteiger partial charge in [-0.15, -0.1) is 0 Å². The molecule has 0 aromatic heterocycles. The third kappa shape index (κ3) is 3.32. The molecule has 2 bridgehead atoms. The van der Waals surface area contributed by atoms with E-state index in [0.717, 1.165) is 33.5 Å². The molecule has 0 saturated carbocycles. The maximum absolute atomic E-state index is 12.4. The molecule has 1 N–H and O–H groups in total. The first kappa shape index (κ1) is 16.0. The Kier molecular flexibility index (Phi) is 4.53. The van der Waals surface area contributed by atoms with Crippen molar-refractivity contribution in [3.05, 3.63) is 59.1 Å². The van der Waals surface area contributed by atoms with Gasteiger partial charge in [-0.1, -0.05) is 35.5 Å². The van der Waals surface area contributed by atoms with Gasteiger partial charge in [0.05, 0.1) is 5.02 Å². The molecule has 24 heavy (non-hydrogen) atoms. The monoisotopic (exact) mass is 358 g/mol. The van der Waals surface area contributed by atoms with Gasteiger partial charge in [0.15, 0.2) is 0 Å². The Morgan fingerprint density at radius 1 is 1.12 bits per heavy atom. The Hall–Kier alpha value is -1.49. The summed E-state index contributed by atoms with van der Waals surface area (Å²) in [6, 6.07) is 15.8. The van der Waals surface area contributed by atoms with E-state index in [1.165, 1.54) is 13.0 Å². The number of amides is 1. The zero-order chi connectivity index (χ0) is 16.5. The second kappa shape index (κ2) is 6.79. The highest BCUT2D eigenvalue weighted by Gasteiger charge is 2.38. The summed E-state index contributed by atoms with van der Waals surface area (Å²) in [5.74, 6) is 0.659. The summed E-state index contributed by atoms with van der Waals surface area (Å²) in [5, 5.41) is 3.94. The van der Waals surface area contributed by atoms with E-state index in [-0.39, 0.29) is 5.91 Å². The number of carbonyl (C=O) groups is 1. The molecule has 0 radical (unpaired) electrons. The first-order chi connectivity index (χ1) is 11.7. The second-order valence-electron chi connectivity index (χ2n) is 6.45. The van der Waals surface area contributed by atoms with E-state index in [1.54, 1.807) is 11.8 Å². The first-order valence-corrected chi connectivity index (χ1v) is 9.44. The Labute approximate surface area is 151 Å². The number of hydrogen-bond acceptors (Lipinski definition) is 3. The van der Waals surface area contributed by atoms with Gasteiger partial charge < -0.3 is 10.2 Å². The Morgan fingerprint density at radius 3 is 2.58 bits per heavy atom. The van der Waals surface area contributed by atoms with Crippen molar-refractivity contribution in [3.8, 4) is 0 Å². The molecule has 2 fully saturated rings. The van der Waals surface area contributed by atoms with Gasteiger partial charge in [0, 0.05) is 34.5 Å². The van der Waals surface area contributed by atoms with E-state index < -0.39 is 0 Å². The van der Waals surface area contributed by atoms with Crippen LogP contribution in [0.3, 0.4) is 0 Å². The van der Waals surface area contributed by atoms with E-state index in [9.17, 15) is 4.79 Å². The summed E-state index contributed by atoms with van der Waals surface area (Å²) < 4.78 is 0. The fourth-order valence-electron chi connectivity index (χ4n) is 3.53. The zero-order valence-corrected chi connectivity index (χ0v) is 14.8. The molecule has 2 saturated heterocycles. The van der Waals surface area contributed by atoms with Crippen molar-refractivity contribution in [1.29, 1.82) is 0 Å². The quantitative estimate of drug-likeness (QED) is 0.898. The topological polar surface area (TPSA) is 32.3 Å². The number of fused-ring (bicyclic) bond motifs is 2. The molecular weight excluding hydrogens is 340 g/mol. The summed E-state index contributed by atoms with van der Waals surface area (Å²) in [7, 11) is 0. The molecule has 2 aromatic carbocycles. The number of rotatable bonds is 4. The lowest BCUT2D eigenvalue weighted by Gasteiger charge is -2.23. The Balaban J connectivity index is 1.40. The number of piperidine rings is 1. The smallest absolute Gasteiger partial charge is 0.251 e. The molecule has 0 spiro atoms. The summed E-state index contributed by atoms with van der Waals surface area (Å²) in [6.07, 6.45) is 1.21. The second-order valence-corrected chi connectivity index (χ2v) is 7.97. The molecule has 2 heterocycles. The summed E-state index contributed by atoms with van der Waals surface area (Å²) >= 11 is 7.80. The average Bonchev–Trinajstić information content (AvgIpc) is 3.20. The summed E-state index contributed by atoms with van der Waals surface area (Å²) in [5.41, 5.74) is 0.719. The fourth-order valence-corrected chi connectivity index (χ4v) is 4.62. The van der Waals surface area contributed by atoms with Crippen LogP contribution in [0.25, 0.3) is 0 Å². The van der Waals surface area contributed by atoms with Crippen LogP contribution in [-0.4, -0.2) is 36.5 Å². The summed E-state index contributed by atoms with van der Waals surface area (Å²) in [4.78, 5) is 17.0. The largest absolute Gasteiger partial charge is 0.348 e. The minimum Gasteiger partial charge on any atom is -0.348 e. The normalized spacial score (nSPS) is 25.0. The Morgan fingerprint density at radius 2 is 1.92 bits per heavy atom. The van der Waals surface area contributed by atoms with Crippen molar-refractivity contribution in [2.45, 2.75) is 22.3 Å². The minimum atomic E-state index is 0.0306. The molecule has 5 heteroatoms. The SMILES string of the molecule is O=C(NC1CN2CCC1C2)c1ccc(Sc2ccccc2Cl)cc1. The molecule has 0 aliphatic carbocycles. The van der Waals surface area contributed by atoms with Crippen LogP contribution >= 0.6 is 23.4 Å². The van der Waals surface area contributed by atoms with E-state index in [2.05, 4.69) is 10.2 Å². The minimum absolute atomic E-state index is 0.0306. The predicted octanol–water partition coefficient (Wildman–Crippen LogP) is 3.93. The predicted molar refractivity (Wildman–Crippen MR) is 97.8 cm³/mol. The Bertz CT molecular complexity index is 749. The van der Waals surface area contributed by atoms with E-state index in [1.807, 2.05) is 48.5 Å². The van der Waals surface area contributed by atoms with Crippen LogP contribution in [0, 0.1) is 5.92 Å². The maximum Gasteiger partial charge on any atom is 0.251 e. The van der Waals surface area contributed by atoms with Gasteiger partial charge in [-0.05, 0) is 55.3 Å². The molecule has 2 aliphatic heterocycles. The molecule has 3 atom stereocenters. The molecule has 1 amide bonds. The number of carbonyl (C=O) groups excluding carboxylic acids is 1. The lowest BCUT2D eigenvalue weighted by Crippen LogP contribution is -2.43. The standard InChI is InChI=1S/C19H19ClN2OS/c20-16-3-1-2-4-18(16)24-15-7-5-13(6-8-15)19(23)21-17-12-22-10-9-14(17)11-22/h1-8,14,17H,9-12H2,(H,21,23). The van der Waals surface area contributed by atoms with Gasteiger partial charge in [0.25, 0.3) is 5.91 Å². The van der Waals surface area contributed by atoms with Crippen LogP contribution in [0.5, 0.6) is 0 Å². The average molecular weight is 359 g/mol. The lowest BCUT2D eigenvalue weighted by atomic mass is 9.99. The van der Waals surface area contributed by atoms with E-state index in [0.29, 0.717) is 12.0 Å². The third-order valence-corrected chi connectivity index (χ3v) is 6.36. The fraction of sp³-hybridized carbons (Fsp3) is 0.316. The molecule has 4 rings (SSSR count). The van der Waals surface area contributed by atoms with Gasteiger partial charge in [-0.2, -0.15) is 0 Å². The van der Waals surface area contributed by atoms with Crippen LogP contribution in [0.2, 0.25) is 5.02 Å². The van der Waals surface area contributed by atoms with Crippen LogP contribution in [0.15, 0.2) is 58.3 Å². The maximum atomic E-state index is 12.4. The van der Waals surface area contributed by atoms with Gasteiger partial charge in [0.2, 0.25) is 0 Å². The first-order valence-electron chi connectivity index (χ1n) is 8.25. The molecular formula is C19H19ClN2OS. The van der Waals surface area contributed by atoms with Crippen LogP contribution in [0.1, 0.15) is 16.8 Å². The number of benzene rings is 2. The molecule has 3 nitrogen and oxygen atoms in total. The van der Waals surface area contributed by atoms with Crippen molar-refractivity contribution >= 4 is 29.3 Å². The number of nitrogens with zero attached hydrogens (tertiary/aromatic N) is 1. The van der Waals surface area contributed by atoms with Crippen LogP contribution < -0.4 is 5.32 Å². The molecule has 2 aliphatic rings. The molecule has 2 aromatic rings. The van der Waals surface area contributed by atoms with E-state index in [4.69, 9.17) is 11.6 Å². The molecule has 3 unspecified atom stereocenters. The van der Waals surface area contributed by atoms with Crippen LogP contribution in [-0.2, 0) is 0 Å². The molecule has 124 valence electrons. The van der Waals surface area contributed by atoms with Crippen molar-refractivity contribution in [3.63, 3.8) is 0 Å². The van der Waals surface area contributed by atoms with Gasteiger partial charge in [-0.3, -0.25) is 4.79 Å². The third-order valence-electron chi connectivity index (χ3n) is 4.83. The van der Waals surface area contributed by atoms with Gasteiger partial charge >= 0.3 is 0 Å². The number of hydrogen-bond donors (Lipinski definition) is 1.